The Morgan fingerprint density at radius 1 is 1.33 bits per heavy atom. The summed E-state index contributed by atoms with van der Waals surface area (Å²) < 4.78 is 0. The van der Waals surface area contributed by atoms with E-state index in [0.29, 0.717) is 22.2 Å². The van der Waals surface area contributed by atoms with Crippen molar-refractivity contribution in [2.24, 2.45) is 0 Å². The molecule has 2 heterocycles. The predicted octanol–water partition coefficient (Wildman–Crippen LogP) is 2.27. The molecule has 0 unspecified atom stereocenters. The Kier molecular flexibility index (Phi) is 3.43. The van der Waals surface area contributed by atoms with E-state index in [9.17, 15) is 4.79 Å². The number of pyridine rings is 2. The molecule has 0 spiro atoms. The maximum Gasteiger partial charge on any atom is 0.274 e. The van der Waals surface area contributed by atoms with E-state index in [2.05, 4.69) is 15.3 Å². The number of aromatic nitrogens is 2. The zero-order valence-electron chi connectivity index (χ0n) is 9.64. The number of amides is 1. The van der Waals surface area contributed by atoms with Crippen LogP contribution in [0.15, 0.2) is 30.6 Å². The standard InChI is InChI=1S/C12H11ClN4O/c1-7-4-11(13)16-6-10(7)17-12(18)9-3-2-8(14)5-15-9/h2-6H,14H2,1H3,(H,17,18). The average molecular weight is 263 g/mol. The Morgan fingerprint density at radius 2 is 2.11 bits per heavy atom. The van der Waals surface area contributed by atoms with Crippen LogP contribution in [0.3, 0.4) is 0 Å². The number of carbonyl (C=O) groups excluding carboxylic acids is 1. The highest BCUT2D eigenvalue weighted by Gasteiger charge is 2.09. The van der Waals surface area contributed by atoms with Crippen molar-refractivity contribution in [3.63, 3.8) is 0 Å². The van der Waals surface area contributed by atoms with E-state index in [4.69, 9.17) is 17.3 Å². The van der Waals surface area contributed by atoms with Gasteiger partial charge in [-0.1, -0.05) is 11.6 Å². The van der Waals surface area contributed by atoms with E-state index < -0.39 is 0 Å². The lowest BCUT2D eigenvalue weighted by atomic mass is 10.2. The van der Waals surface area contributed by atoms with Crippen LogP contribution in [0.4, 0.5) is 11.4 Å². The predicted molar refractivity (Wildman–Crippen MR) is 70.6 cm³/mol. The minimum absolute atomic E-state index is 0.290. The zero-order valence-corrected chi connectivity index (χ0v) is 10.4. The van der Waals surface area contributed by atoms with E-state index in [1.165, 1.54) is 12.4 Å². The number of nitrogens with two attached hydrogens (primary N) is 1. The third kappa shape index (κ3) is 2.75. The van der Waals surface area contributed by atoms with Crippen molar-refractivity contribution < 1.29 is 4.79 Å². The first-order valence-electron chi connectivity index (χ1n) is 5.21. The summed E-state index contributed by atoms with van der Waals surface area (Å²) in [5.74, 6) is -0.317. The maximum atomic E-state index is 11.9. The third-order valence-corrected chi connectivity index (χ3v) is 2.55. The van der Waals surface area contributed by atoms with Gasteiger partial charge in [-0.15, -0.1) is 0 Å². The van der Waals surface area contributed by atoms with Gasteiger partial charge in [0.05, 0.1) is 23.8 Å². The van der Waals surface area contributed by atoms with Crippen molar-refractivity contribution in [2.45, 2.75) is 6.92 Å². The molecule has 0 aliphatic carbocycles. The van der Waals surface area contributed by atoms with Gasteiger partial charge >= 0.3 is 0 Å². The number of rotatable bonds is 2. The molecule has 0 aromatic carbocycles. The van der Waals surface area contributed by atoms with E-state index in [0.717, 1.165) is 5.56 Å². The van der Waals surface area contributed by atoms with E-state index in [-0.39, 0.29) is 5.91 Å². The molecule has 0 aliphatic rings. The SMILES string of the molecule is Cc1cc(Cl)ncc1NC(=O)c1ccc(N)cn1. The number of nitrogens with one attached hydrogen (secondary N) is 1. The highest BCUT2D eigenvalue weighted by molar-refractivity contribution is 6.29. The van der Waals surface area contributed by atoms with Gasteiger partial charge in [-0.3, -0.25) is 4.79 Å². The summed E-state index contributed by atoms with van der Waals surface area (Å²) in [6, 6.07) is 4.85. The quantitative estimate of drug-likeness (QED) is 0.814. The van der Waals surface area contributed by atoms with Crippen LogP contribution in [-0.4, -0.2) is 15.9 Å². The molecule has 6 heteroatoms. The van der Waals surface area contributed by atoms with Crippen molar-refractivity contribution in [1.29, 1.82) is 0 Å². The first kappa shape index (κ1) is 12.3. The number of hydrogen-bond donors (Lipinski definition) is 2. The van der Waals surface area contributed by atoms with Gasteiger partial charge in [0.2, 0.25) is 0 Å². The van der Waals surface area contributed by atoms with Crippen LogP contribution in [0.5, 0.6) is 0 Å². The fourth-order valence-corrected chi connectivity index (χ4v) is 1.59. The van der Waals surface area contributed by atoms with Gasteiger partial charge in [0, 0.05) is 0 Å². The number of hydrogen-bond acceptors (Lipinski definition) is 4. The topological polar surface area (TPSA) is 80.9 Å². The molecule has 0 radical (unpaired) electrons. The molecule has 0 bridgehead atoms. The van der Waals surface area contributed by atoms with Crippen molar-refractivity contribution in [2.75, 3.05) is 11.1 Å². The second-order valence-electron chi connectivity index (χ2n) is 3.75. The molecule has 92 valence electrons. The number of carbonyl (C=O) groups is 1. The summed E-state index contributed by atoms with van der Waals surface area (Å²) in [6.45, 7) is 1.83. The first-order valence-corrected chi connectivity index (χ1v) is 5.59. The normalized spacial score (nSPS) is 10.1. The number of aryl methyl sites for hydroxylation is 1. The lowest BCUT2D eigenvalue weighted by Gasteiger charge is -2.07. The molecule has 3 N–H and O–H groups in total. The lowest BCUT2D eigenvalue weighted by Crippen LogP contribution is -2.14. The highest BCUT2D eigenvalue weighted by Crippen LogP contribution is 2.17. The van der Waals surface area contributed by atoms with Crippen LogP contribution in [0, 0.1) is 6.92 Å². The molecular weight excluding hydrogens is 252 g/mol. The van der Waals surface area contributed by atoms with Gasteiger partial charge < -0.3 is 11.1 Å². The summed E-state index contributed by atoms with van der Waals surface area (Å²) in [6.07, 6.45) is 2.94. The van der Waals surface area contributed by atoms with Crippen LogP contribution in [0.1, 0.15) is 16.1 Å². The van der Waals surface area contributed by atoms with Gasteiger partial charge in [-0.25, -0.2) is 9.97 Å². The van der Waals surface area contributed by atoms with Crippen LogP contribution in [0.2, 0.25) is 5.15 Å². The van der Waals surface area contributed by atoms with Crippen LogP contribution < -0.4 is 11.1 Å². The Balaban J connectivity index is 2.18. The van der Waals surface area contributed by atoms with Crippen molar-refractivity contribution >= 4 is 28.9 Å². The third-order valence-electron chi connectivity index (χ3n) is 2.34. The summed E-state index contributed by atoms with van der Waals surface area (Å²) in [5, 5.41) is 3.10. The van der Waals surface area contributed by atoms with Crippen LogP contribution in [-0.2, 0) is 0 Å². The number of anilines is 2. The second-order valence-corrected chi connectivity index (χ2v) is 4.14. The molecule has 0 aliphatic heterocycles. The Labute approximate surface area is 109 Å². The highest BCUT2D eigenvalue weighted by atomic mass is 35.5. The molecule has 2 aromatic rings. The molecule has 2 aromatic heterocycles. The van der Waals surface area contributed by atoms with Crippen LogP contribution in [0.25, 0.3) is 0 Å². The molecule has 0 saturated heterocycles. The molecule has 18 heavy (non-hydrogen) atoms. The van der Waals surface area contributed by atoms with Gasteiger partial charge in [-0.2, -0.15) is 0 Å². The molecule has 0 saturated carbocycles. The summed E-state index contributed by atoms with van der Waals surface area (Å²) in [7, 11) is 0. The van der Waals surface area contributed by atoms with Crippen molar-refractivity contribution in [1.82, 2.24) is 9.97 Å². The van der Waals surface area contributed by atoms with Crippen LogP contribution >= 0.6 is 11.6 Å². The summed E-state index contributed by atoms with van der Waals surface area (Å²) in [4.78, 5) is 19.7. The number of nitrogens with zero attached hydrogens (tertiary/aromatic N) is 2. The molecule has 0 atom stereocenters. The molecule has 5 nitrogen and oxygen atoms in total. The van der Waals surface area contributed by atoms with Crippen molar-refractivity contribution in [3.8, 4) is 0 Å². The van der Waals surface area contributed by atoms with E-state index >= 15 is 0 Å². The van der Waals surface area contributed by atoms with E-state index in [1.54, 1.807) is 18.2 Å². The molecule has 1 amide bonds. The largest absolute Gasteiger partial charge is 0.397 e. The van der Waals surface area contributed by atoms with Gasteiger partial charge in [0.1, 0.15) is 10.8 Å². The number of halogens is 1. The van der Waals surface area contributed by atoms with E-state index in [1.807, 2.05) is 6.92 Å². The monoisotopic (exact) mass is 262 g/mol. The minimum Gasteiger partial charge on any atom is -0.397 e. The summed E-state index contributed by atoms with van der Waals surface area (Å²) in [5.41, 5.74) is 7.73. The second kappa shape index (κ2) is 5.01. The van der Waals surface area contributed by atoms with Gasteiger partial charge in [0.15, 0.2) is 0 Å². The lowest BCUT2D eigenvalue weighted by molar-refractivity contribution is 0.102. The van der Waals surface area contributed by atoms with Crippen molar-refractivity contribution in [3.05, 3.63) is 47.0 Å². The zero-order chi connectivity index (χ0) is 13.1. The molecule has 0 fully saturated rings. The first-order chi connectivity index (χ1) is 8.56. The number of nitrogen functional groups attached to an aromatic ring is 1. The smallest absolute Gasteiger partial charge is 0.274 e. The summed E-state index contributed by atoms with van der Waals surface area (Å²) >= 11 is 5.74. The maximum absolute atomic E-state index is 11.9. The fourth-order valence-electron chi connectivity index (χ4n) is 1.38. The van der Waals surface area contributed by atoms with Gasteiger partial charge in [0.25, 0.3) is 5.91 Å². The molecule has 2 rings (SSSR count). The molecular formula is C12H11ClN4O. The minimum atomic E-state index is -0.317. The Hall–Kier alpha value is -2.14. The Morgan fingerprint density at radius 3 is 2.72 bits per heavy atom. The fraction of sp³-hybridized carbons (Fsp3) is 0.0833. The Bertz CT molecular complexity index is 583. The van der Waals surface area contributed by atoms with Gasteiger partial charge in [-0.05, 0) is 30.7 Å². The average Bonchev–Trinajstić information content (AvgIpc) is 2.33.